The lowest BCUT2D eigenvalue weighted by Gasteiger charge is -2.08. The lowest BCUT2D eigenvalue weighted by Crippen LogP contribution is -2.22. The number of aryl methyl sites for hydroxylation is 1. The molecule has 1 amide bonds. The van der Waals surface area contributed by atoms with E-state index in [1.54, 1.807) is 24.3 Å². The number of rotatable bonds is 7. The summed E-state index contributed by atoms with van der Waals surface area (Å²) in [7, 11) is -2.79. The fourth-order valence-corrected chi connectivity index (χ4v) is 4.06. The van der Waals surface area contributed by atoms with Crippen molar-refractivity contribution in [1.82, 2.24) is 5.06 Å². The van der Waals surface area contributed by atoms with E-state index in [2.05, 4.69) is 0 Å². The monoisotopic (exact) mass is 466 g/mol. The molecule has 3 rings (SSSR count). The van der Waals surface area contributed by atoms with Crippen molar-refractivity contribution >= 4 is 27.5 Å². The lowest BCUT2D eigenvalue weighted by atomic mass is 10.0. The molecule has 10 heteroatoms. The maximum Gasteiger partial charge on any atom is 0.245 e. The Balaban J connectivity index is 2.08. The molecule has 0 spiro atoms. The van der Waals surface area contributed by atoms with Crippen LogP contribution in [0.4, 0.5) is 4.39 Å². The van der Waals surface area contributed by atoms with Gasteiger partial charge in [0.1, 0.15) is 17.3 Å². The van der Waals surface area contributed by atoms with Gasteiger partial charge in [-0.05, 0) is 36.8 Å². The number of hydroxylamine groups is 2. The topological polar surface area (TPSA) is 114 Å². The van der Waals surface area contributed by atoms with Crippen LogP contribution in [0.1, 0.15) is 18.6 Å². The average molecular weight is 467 g/mol. The number of carbonyl (C=O) groups excluding carboxylic acids is 1. The number of nitrogens with two attached hydrogens (primary N) is 1. The van der Waals surface area contributed by atoms with Crippen LogP contribution in [0.3, 0.4) is 0 Å². The second-order valence-electron chi connectivity index (χ2n) is 6.90. The van der Waals surface area contributed by atoms with E-state index in [9.17, 15) is 17.6 Å². The van der Waals surface area contributed by atoms with Gasteiger partial charge >= 0.3 is 0 Å². The third kappa shape index (κ3) is 5.31. The number of primary sulfonamides is 1. The van der Waals surface area contributed by atoms with Crippen LogP contribution in [0.25, 0.3) is 22.5 Å². The molecule has 0 fully saturated rings. The SMILES string of the molecule is CN(O)C(=O)CCCc1cc(-c2ccccc2S(N)(=O)=O)c(-c2ccc(F)c(Cl)c2)o1. The number of amides is 1. The van der Waals surface area contributed by atoms with Crippen molar-refractivity contribution in [3.05, 3.63) is 65.1 Å². The summed E-state index contributed by atoms with van der Waals surface area (Å²) in [6.45, 7) is 0. The Kier molecular flexibility index (Phi) is 6.80. The number of benzene rings is 2. The zero-order chi connectivity index (χ0) is 22.8. The van der Waals surface area contributed by atoms with Crippen LogP contribution in [-0.4, -0.2) is 31.6 Å². The van der Waals surface area contributed by atoms with E-state index in [1.165, 1.54) is 31.3 Å². The van der Waals surface area contributed by atoms with Gasteiger partial charge in [0.2, 0.25) is 15.9 Å². The minimum absolute atomic E-state index is 0.0890. The highest BCUT2D eigenvalue weighted by Gasteiger charge is 2.22. The van der Waals surface area contributed by atoms with Gasteiger partial charge in [0.05, 0.1) is 9.92 Å². The summed E-state index contributed by atoms with van der Waals surface area (Å²) < 4.78 is 43.8. The molecule has 0 radical (unpaired) electrons. The van der Waals surface area contributed by atoms with E-state index in [1.807, 2.05) is 0 Å². The van der Waals surface area contributed by atoms with Gasteiger partial charge in [0, 0.05) is 36.6 Å². The highest BCUT2D eigenvalue weighted by atomic mass is 35.5. The highest BCUT2D eigenvalue weighted by molar-refractivity contribution is 7.89. The minimum atomic E-state index is -4.03. The third-order valence-corrected chi connectivity index (χ3v) is 5.88. The normalized spacial score (nSPS) is 11.5. The molecule has 0 atom stereocenters. The molecule has 0 aliphatic rings. The Bertz CT molecular complexity index is 1220. The summed E-state index contributed by atoms with van der Waals surface area (Å²) in [4.78, 5) is 11.5. The lowest BCUT2D eigenvalue weighted by molar-refractivity contribution is -0.159. The van der Waals surface area contributed by atoms with Gasteiger partial charge in [-0.2, -0.15) is 0 Å². The number of hydrogen-bond acceptors (Lipinski definition) is 5. The molecule has 0 aliphatic carbocycles. The summed E-state index contributed by atoms with van der Waals surface area (Å²) >= 11 is 5.92. The number of furan rings is 1. The molecule has 7 nitrogen and oxygen atoms in total. The first-order valence-corrected chi connectivity index (χ1v) is 11.2. The smallest absolute Gasteiger partial charge is 0.245 e. The second-order valence-corrected chi connectivity index (χ2v) is 8.83. The van der Waals surface area contributed by atoms with Crippen LogP contribution in [-0.2, 0) is 21.2 Å². The summed E-state index contributed by atoms with van der Waals surface area (Å²) in [6, 6.07) is 11.9. The molecule has 0 bridgehead atoms. The molecule has 3 N–H and O–H groups in total. The van der Waals surface area contributed by atoms with Crippen molar-refractivity contribution in [2.75, 3.05) is 7.05 Å². The van der Waals surface area contributed by atoms with E-state index >= 15 is 0 Å². The predicted molar refractivity (Wildman–Crippen MR) is 113 cm³/mol. The van der Waals surface area contributed by atoms with Gasteiger partial charge in [-0.3, -0.25) is 10.0 Å². The molecule has 1 aromatic heterocycles. The fraction of sp³-hybridized carbons (Fsp3) is 0.190. The molecule has 31 heavy (non-hydrogen) atoms. The standard InChI is InChI=1S/C21H20ClFN2O5S/c1-25(27)20(26)8-4-5-14-12-16(15-6-2-3-7-19(15)31(24,28)29)21(30-14)13-9-10-18(23)17(22)11-13/h2-3,6-7,9-12,27H,4-5,8H2,1H3,(H2,24,28,29). The van der Waals surface area contributed by atoms with Crippen LogP contribution >= 0.6 is 11.6 Å². The van der Waals surface area contributed by atoms with Crippen molar-refractivity contribution in [2.24, 2.45) is 5.14 Å². The van der Waals surface area contributed by atoms with E-state index < -0.39 is 21.7 Å². The quantitative estimate of drug-likeness (QED) is 0.399. The molecule has 0 saturated heterocycles. The van der Waals surface area contributed by atoms with Gasteiger partial charge in [-0.25, -0.2) is 23.0 Å². The molecule has 0 unspecified atom stereocenters. The second kappa shape index (κ2) is 9.19. The van der Waals surface area contributed by atoms with Crippen molar-refractivity contribution in [1.29, 1.82) is 0 Å². The maximum atomic E-state index is 13.7. The average Bonchev–Trinajstić information content (AvgIpc) is 3.13. The molecule has 164 valence electrons. The van der Waals surface area contributed by atoms with E-state index in [0.29, 0.717) is 46.1 Å². The molecule has 0 saturated carbocycles. The molecular formula is C21H20ClFN2O5S. The Morgan fingerprint density at radius 2 is 1.90 bits per heavy atom. The first-order valence-electron chi connectivity index (χ1n) is 9.23. The Labute approximate surface area is 183 Å². The number of hydrogen-bond donors (Lipinski definition) is 2. The van der Waals surface area contributed by atoms with Gasteiger partial charge in [0.15, 0.2) is 0 Å². The van der Waals surface area contributed by atoms with Crippen LogP contribution in [0, 0.1) is 5.82 Å². The maximum absolute atomic E-state index is 13.7. The summed E-state index contributed by atoms with van der Waals surface area (Å²) in [5.74, 6) is -0.283. The zero-order valence-corrected chi connectivity index (χ0v) is 18.1. The first kappa shape index (κ1) is 23.0. The van der Waals surface area contributed by atoms with E-state index in [-0.39, 0.29) is 16.3 Å². The Morgan fingerprint density at radius 1 is 1.19 bits per heavy atom. The Hall–Kier alpha value is -2.72. The summed E-state index contributed by atoms with van der Waals surface area (Å²) in [5, 5.41) is 15.0. The largest absolute Gasteiger partial charge is 0.460 e. The van der Waals surface area contributed by atoms with Gasteiger partial charge < -0.3 is 4.42 Å². The predicted octanol–water partition coefficient (Wildman–Crippen LogP) is 4.22. The number of carbonyl (C=O) groups is 1. The Morgan fingerprint density at radius 3 is 2.55 bits per heavy atom. The zero-order valence-electron chi connectivity index (χ0n) is 16.5. The fourth-order valence-electron chi connectivity index (χ4n) is 3.13. The van der Waals surface area contributed by atoms with E-state index in [0.717, 1.165) is 0 Å². The number of nitrogens with zero attached hydrogens (tertiary/aromatic N) is 1. The van der Waals surface area contributed by atoms with Crippen molar-refractivity contribution in [3.8, 4) is 22.5 Å². The molecule has 3 aromatic rings. The highest BCUT2D eigenvalue weighted by Crippen LogP contribution is 2.39. The molecule has 0 aliphatic heterocycles. The van der Waals surface area contributed by atoms with Crippen LogP contribution < -0.4 is 5.14 Å². The molecule has 1 heterocycles. The number of sulfonamides is 1. The van der Waals surface area contributed by atoms with Crippen LogP contribution in [0.15, 0.2) is 57.8 Å². The number of halogens is 2. The molecular weight excluding hydrogens is 447 g/mol. The van der Waals surface area contributed by atoms with Crippen molar-refractivity contribution in [2.45, 2.75) is 24.2 Å². The van der Waals surface area contributed by atoms with Crippen molar-refractivity contribution < 1.29 is 27.2 Å². The minimum Gasteiger partial charge on any atom is -0.460 e. The molecule has 2 aromatic carbocycles. The van der Waals surface area contributed by atoms with Crippen molar-refractivity contribution in [3.63, 3.8) is 0 Å². The summed E-state index contributed by atoms with van der Waals surface area (Å²) in [5.41, 5.74) is 1.21. The van der Waals surface area contributed by atoms with E-state index in [4.69, 9.17) is 26.4 Å². The first-order chi connectivity index (χ1) is 14.6. The van der Waals surface area contributed by atoms with Crippen LogP contribution in [0.2, 0.25) is 5.02 Å². The van der Waals surface area contributed by atoms with Gasteiger partial charge in [0.25, 0.3) is 0 Å². The van der Waals surface area contributed by atoms with Gasteiger partial charge in [-0.1, -0.05) is 29.8 Å². The summed E-state index contributed by atoms with van der Waals surface area (Å²) in [6.07, 6.45) is 0.824. The van der Waals surface area contributed by atoms with Gasteiger partial charge in [-0.15, -0.1) is 0 Å². The van der Waals surface area contributed by atoms with Crippen LogP contribution in [0.5, 0.6) is 0 Å². The third-order valence-electron chi connectivity index (χ3n) is 4.62.